The molecule has 0 aromatic heterocycles. The zero-order chi connectivity index (χ0) is 20.5. The molecule has 7 nitrogen and oxygen atoms in total. The van der Waals surface area contributed by atoms with E-state index in [0.29, 0.717) is 24.9 Å². The molecular weight excluding hydrogens is 493 g/mol. The van der Waals surface area contributed by atoms with Crippen molar-refractivity contribution in [3.63, 3.8) is 0 Å². The first-order valence-corrected chi connectivity index (χ1v) is 10.9. The molecule has 0 radical (unpaired) electrons. The largest absolute Gasteiger partial charge is 0.484 e. The summed E-state index contributed by atoms with van der Waals surface area (Å²) in [6.07, 6.45) is 3.89. The Labute approximate surface area is 197 Å². The van der Waals surface area contributed by atoms with E-state index in [0.717, 1.165) is 31.2 Å². The van der Waals surface area contributed by atoms with Crippen LogP contribution in [0.4, 0.5) is 0 Å². The van der Waals surface area contributed by atoms with E-state index < -0.39 is 0 Å². The van der Waals surface area contributed by atoms with Crippen molar-refractivity contribution >= 4 is 35.8 Å². The fraction of sp³-hybridized carbons (Fsp3) is 0.636. The van der Waals surface area contributed by atoms with Gasteiger partial charge in [-0.2, -0.15) is 0 Å². The summed E-state index contributed by atoms with van der Waals surface area (Å²) >= 11 is 0. The molecule has 0 spiro atoms. The monoisotopic (exact) mass is 529 g/mol. The highest BCUT2D eigenvalue weighted by atomic mass is 127. The van der Waals surface area contributed by atoms with E-state index in [-0.39, 0.29) is 36.5 Å². The molecule has 0 bridgehead atoms. The Bertz CT molecular complexity index is 694. The first-order chi connectivity index (χ1) is 14.2. The van der Waals surface area contributed by atoms with Gasteiger partial charge < -0.3 is 20.3 Å². The maximum atomic E-state index is 11.6. The molecule has 1 aromatic rings. The van der Waals surface area contributed by atoms with E-state index in [1.165, 1.54) is 32.4 Å². The lowest BCUT2D eigenvalue weighted by molar-refractivity contribution is -0.122. The Kier molecular flexibility index (Phi) is 10.7. The molecule has 168 valence electrons. The topological polar surface area (TPSA) is 69.2 Å². The van der Waals surface area contributed by atoms with Crippen LogP contribution >= 0.6 is 24.0 Å². The Morgan fingerprint density at radius 1 is 1.17 bits per heavy atom. The van der Waals surface area contributed by atoms with Crippen molar-refractivity contribution in [2.24, 2.45) is 4.99 Å². The molecule has 2 fully saturated rings. The third kappa shape index (κ3) is 7.30. The average molecular weight is 529 g/mol. The number of ether oxygens (including phenoxy) is 1. The van der Waals surface area contributed by atoms with Crippen LogP contribution < -0.4 is 15.4 Å². The minimum absolute atomic E-state index is 0. The van der Waals surface area contributed by atoms with Crippen molar-refractivity contribution in [1.29, 1.82) is 0 Å². The lowest BCUT2D eigenvalue weighted by Crippen LogP contribution is -2.42. The number of likely N-dealkylation sites (N-methyl/N-ethyl adjacent to an activating group) is 1. The van der Waals surface area contributed by atoms with Crippen LogP contribution in [-0.4, -0.2) is 73.6 Å². The predicted molar refractivity (Wildman–Crippen MR) is 132 cm³/mol. The smallest absolute Gasteiger partial charge is 0.257 e. The number of nitrogens with zero attached hydrogens (tertiary/aromatic N) is 3. The Morgan fingerprint density at radius 2 is 1.93 bits per heavy atom. The fourth-order valence-corrected chi connectivity index (χ4v) is 4.06. The number of nitrogens with one attached hydrogen (secondary N) is 2. The second-order valence-corrected chi connectivity index (χ2v) is 7.69. The highest BCUT2D eigenvalue weighted by molar-refractivity contribution is 14.0. The van der Waals surface area contributed by atoms with Gasteiger partial charge >= 0.3 is 0 Å². The van der Waals surface area contributed by atoms with Gasteiger partial charge in [0.25, 0.3) is 5.91 Å². The molecule has 1 amide bonds. The third-order valence-corrected chi connectivity index (χ3v) is 5.51. The van der Waals surface area contributed by atoms with Crippen molar-refractivity contribution < 1.29 is 9.53 Å². The first kappa shape index (κ1) is 24.7. The van der Waals surface area contributed by atoms with E-state index in [9.17, 15) is 4.79 Å². The lowest BCUT2D eigenvalue weighted by Gasteiger charge is -2.25. The molecule has 1 aromatic carbocycles. The van der Waals surface area contributed by atoms with Gasteiger partial charge in [-0.15, -0.1) is 24.0 Å². The van der Waals surface area contributed by atoms with Gasteiger partial charge in [0.05, 0.1) is 6.54 Å². The molecule has 0 aliphatic carbocycles. The number of aliphatic imine (C=N–C) groups is 1. The van der Waals surface area contributed by atoms with Crippen molar-refractivity contribution in [3.8, 4) is 5.75 Å². The summed E-state index contributed by atoms with van der Waals surface area (Å²) in [6.45, 7) is 10.7. The minimum atomic E-state index is -0.105. The Balaban J connectivity index is 0.00000320. The lowest BCUT2D eigenvalue weighted by atomic mass is 10.2. The molecular formula is C22H36IN5O2. The van der Waals surface area contributed by atoms with Crippen LogP contribution in [0.5, 0.6) is 5.75 Å². The molecule has 2 heterocycles. The number of hydrogen-bond acceptors (Lipinski definition) is 4. The van der Waals surface area contributed by atoms with Crippen molar-refractivity contribution in [2.45, 2.75) is 45.7 Å². The third-order valence-electron chi connectivity index (χ3n) is 5.51. The summed E-state index contributed by atoms with van der Waals surface area (Å²) < 4.78 is 5.59. The fourth-order valence-electron chi connectivity index (χ4n) is 4.06. The summed E-state index contributed by atoms with van der Waals surface area (Å²) in [6, 6.07) is 8.49. The van der Waals surface area contributed by atoms with Gasteiger partial charge in [-0.25, -0.2) is 4.99 Å². The Hall–Kier alpha value is -1.55. The molecule has 3 rings (SSSR count). The quantitative estimate of drug-likeness (QED) is 0.308. The van der Waals surface area contributed by atoms with Crippen molar-refractivity contribution in [2.75, 3.05) is 45.9 Å². The molecule has 0 saturated carbocycles. The normalized spacial score (nSPS) is 19.5. The molecule has 2 aliphatic rings. The van der Waals surface area contributed by atoms with Crippen LogP contribution in [0.3, 0.4) is 0 Å². The van der Waals surface area contributed by atoms with Gasteiger partial charge in [0, 0.05) is 32.2 Å². The van der Waals surface area contributed by atoms with Gasteiger partial charge in [-0.3, -0.25) is 9.69 Å². The summed E-state index contributed by atoms with van der Waals surface area (Å²) in [5, 5.41) is 6.18. The van der Waals surface area contributed by atoms with Crippen LogP contribution in [0.25, 0.3) is 0 Å². The minimum Gasteiger partial charge on any atom is -0.484 e. The van der Waals surface area contributed by atoms with Crippen molar-refractivity contribution in [1.82, 2.24) is 20.4 Å². The Morgan fingerprint density at radius 3 is 2.67 bits per heavy atom. The highest BCUT2D eigenvalue weighted by Crippen LogP contribution is 2.21. The first-order valence-electron chi connectivity index (χ1n) is 10.9. The van der Waals surface area contributed by atoms with Crippen LogP contribution in [-0.2, 0) is 11.3 Å². The maximum Gasteiger partial charge on any atom is 0.257 e. The van der Waals surface area contributed by atoms with E-state index in [1.807, 2.05) is 31.2 Å². The molecule has 2 N–H and O–H groups in total. The number of halogens is 1. The summed E-state index contributed by atoms with van der Waals surface area (Å²) in [4.78, 5) is 21.5. The molecule has 2 aliphatic heterocycles. The van der Waals surface area contributed by atoms with Crippen LogP contribution in [0.15, 0.2) is 29.3 Å². The van der Waals surface area contributed by atoms with Gasteiger partial charge in [0.2, 0.25) is 0 Å². The van der Waals surface area contributed by atoms with Crippen LogP contribution in [0, 0.1) is 0 Å². The molecule has 1 atom stereocenters. The maximum absolute atomic E-state index is 11.6. The van der Waals surface area contributed by atoms with E-state index >= 15 is 0 Å². The molecule has 30 heavy (non-hydrogen) atoms. The standard InChI is InChI=1S/C22H35N5O2.HI/c1-3-23-21(28)17-29-20-9-7-8-18(14-20)15-25-22(24-4-2)27-13-10-19(16-27)26-11-5-6-12-26;/h7-9,14,19H,3-6,10-13,15-17H2,1-2H3,(H,23,28)(H,24,25);1H. The average Bonchev–Trinajstić information content (AvgIpc) is 3.42. The number of rotatable bonds is 8. The number of benzene rings is 1. The number of likely N-dealkylation sites (tertiary alicyclic amines) is 2. The second kappa shape index (κ2) is 13.0. The van der Waals surface area contributed by atoms with Gasteiger partial charge in [-0.1, -0.05) is 12.1 Å². The van der Waals surface area contributed by atoms with Crippen LogP contribution in [0.2, 0.25) is 0 Å². The number of carbonyl (C=O) groups is 1. The zero-order valence-corrected chi connectivity index (χ0v) is 20.6. The number of amides is 1. The summed E-state index contributed by atoms with van der Waals surface area (Å²) in [5.41, 5.74) is 1.07. The van der Waals surface area contributed by atoms with E-state index in [1.54, 1.807) is 0 Å². The van der Waals surface area contributed by atoms with Crippen LogP contribution in [0.1, 0.15) is 38.7 Å². The van der Waals surface area contributed by atoms with Gasteiger partial charge in [-0.05, 0) is 63.9 Å². The number of hydrogen-bond donors (Lipinski definition) is 2. The van der Waals surface area contributed by atoms with E-state index in [4.69, 9.17) is 9.73 Å². The van der Waals surface area contributed by atoms with E-state index in [2.05, 4.69) is 27.4 Å². The zero-order valence-electron chi connectivity index (χ0n) is 18.2. The SMILES string of the molecule is CCNC(=O)COc1cccc(CN=C(NCC)N2CCC(N3CCCC3)C2)c1.I. The summed E-state index contributed by atoms with van der Waals surface area (Å²) in [5.74, 6) is 1.58. The summed E-state index contributed by atoms with van der Waals surface area (Å²) in [7, 11) is 0. The second-order valence-electron chi connectivity index (χ2n) is 7.69. The highest BCUT2D eigenvalue weighted by Gasteiger charge is 2.30. The van der Waals surface area contributed by atoms with Crippen molar-refractivity contribution in [3.05, 3.63) is 29.8 Å². The molecule has 2 saturated heterocycles. The molecule has 1 unspecified atom stereocenters. The van der Waals surface area contributed by atoms with Gasteiger partial charge in [0.15, 0.2) is 12.6 Å². The number of carbonyl (C=O) groups excluding carboxylic acids is 1. The number of guanidine groups is 1. The van der Waals surface area contributed by atoms with Gasteiger partial charge in [0.1, 0.15) is 5.75 Å². The predicted octanol–water partition coefficient (Wildman–Crippen LogP) is 2.46. The molecule has 8 heteroatoms.